The monoisotopic (exact) mass is 361 g/mol. The first kappa shape index (κ1) is 19.0. The largest absolute Gasteiger partial charge is 0.324 e. The van der Waals surface area contributed by atoms with Crippen LogP contribution in [0.1, 0.15) is 32.0 Å². The number of nitrogens with one attached hydrogen (secondary N) is 2. The molecule has 2 N–H and O–H groups in total. The van der Waals surface area contributed by atoms with Gasteiger partial charge in [-0.3, -0.25) is 9.59 Å². The van der Waals surface area contributed by atoms with Crippen molar-refractivity contribution in [2.24, 2.45) is 0 Å². The van der Waals surface area contributed by atoms with E-state index in [2.05, 4.69) is 20.9 Å². The van der Waals surface area contributed by atoms with Crippen molar-refractivity contribution in [1.29, 1.82) is 0 Å². The van der Waals surface area contributed by atoms with E-state index in [1.807, 2.05) is 52.0 Å². The molecule has 1 amide bonds. The SMILES string of the molecule is CSc1nnc(C(C)(C)C)c(=O)n1NCC(=O)Nc1ccccc1C. The van der Waals surface area contributed by atoms with Crippen LogP contribution < -0.4 is 16.3 Å². The lowest BCUT2D eigenvalue weighted by Gasteiger charge is -2.19. The first-order valence-electron chi connectivity index (χ1n) is 7.87. The molecule has 0 saturated carbocycles. The van der Waals surface area contributed by atoms with Gasteiger partial charge in [-0.15, -0.1) is 10.2 Å². The molecule has 0 aliphatic carbocycles. The molecule has 0 unspecified atom stereocenters. The van der Waals surface area contributed by atoms with Crippen LogP contribution in [0.2, 0.25) is 0 Å². The Morgan fingerprint density at radius 1 is 1.24 bits per heavy atom. The second kappa shape index (κ2) is 7.69. The third kappa shape index (κ3) is 4.60. The highest BCUT2D eigenvalue weighted by molar-refractivity contribution is 7.98. The van der Waals surface area contributed by atoms with Crippen LogP contribution in [-0.2, 0) is 10.2 Å². The number of hydrogen-bond donors (Lipinski definition) is 2. The number of anilines is 1. The van der Waals surface area contributed by atoms with Gasteiger partial charge in [-0.1, -0.05) is 50.7 Å². The fourth-order valence-electron chi connectivity index (χ4n) is 2.17. The van der Waals surface area contributed by atoms with E-state index < -0.39 is 5.41 Å². The average molecular weight is 361 g/mol. The molecule has 1 aromatic heterocycles. The minimum Gasteiger partial charge on any atom is -0.324 e. The maximum atomic E-state index is 12.7. The Morgan fingerprint density at radius 3 is 2.52 bits per heavy atom. The zero-order valence-electron chi connectivity index (χ0n) is 15.1. The number of thioether (sulfide) groups is 1. The lowest BCUT2D eigenvalue weighted by molar-refractivity contribution is -0.114. The first-order chi connectivity index (χ1) is 11.7. The number of carbonyl (C=O) groups excluding carboxylic acids is 1. The standard InChI is InChI=1S/C17H23N5O2S/c1-11-8-6-7-9-12(11)19-13(23)10-18-22-15(24)14(17(2,3)4)20-21-16(22)25-5/h6-9,18H,10H2,1-5H3,(H,19,23). The maximum absolute atomic E-state index is 12.7. The van der Waals surface area contributed by atoms with Crippen molar-refractivity contribution < 1.29 is 4.79 Å². The molecule has 2 aromatic rings. The summed E-state index contributed by atoms with van der Waals surface area (Å²) >= 11 is 1.28. The fourth-order valence-corrected chi connectivity index (χ4v) is 2.63. The van der Waals surface area contributed by atoms with E-state index in [4.69, 9.17) is 0 Å². The fraction of sp³-hybridized carbons (Fsp3) is 0.412. The molecule has 2 rings (SSSR count). The molecule has 0 fully saturated rings. The van der Waals surface area contributed by atoms with Crippen LogP contribution in [0.5, 0.6) is 0 Å². The van der Waals surface area contributed by atoms with Crippen molar-refractivity contribution in [3.05, 3.63) is 45.9 Å². The summed E-state index contributed by atoms with van der Waals surface area (Å²) in [5.41, 5.74) is 4.18. The minimum atomic E-state index is -0.437. The van der Waals surface area contributed by atoms with Gasteiger partial charge in [-0.05, 0) is 24.8 Å². The van der Waals surface area contributed by atoms with Crippen molar-refractivity contribution in [3.63, 3.8) is 0 Å². The van der Waals surface area contributed by atoms with Crippen LogP contribution in [0.15, 0.2) is 34.2 Å². The van der Waals surface area contributed by atoms with Gasteiger partial charge in [0.1, 0.15) is 12.2 Å². The summed E-state index contributed by atoms with van der Waals surface area (Å²) in [5, 5.41) is 11.4. The molecule has 1 heterocycles. The summed E-state index contributed by atoms with van der Waals surface area (Å²) < 4.78 is 1.29. The zero-order valence-corrected chi connectivity index (χ0v) is 15.9. The molecular weight excluding hydrogens is 338 g/mol. The van der Waals surface area contributed by atoms with E-state index >= 15 is 0 Å². The summed E-state index contributed by atoms with van der Waals surface area (Å²) in [6.07, 6.45) is 1.80. The molecule has 0 aliphatic rings. The molecule has 134 valence electrons. The first-order valence-corrected chi connectivity index (χ1v) is 9.10. The van der Waals surface area contributed by atoms with Gasteiger partial charge in [0.15, 0.2) is 0 Å². The second-order valence-electron chi connectivity index (χ2n) is 6.62. The minimum absolute atomic E-state index is 0.0585. The molecular formula is C17H23N5O2S. The van der Waals surface area contributed by atoms with Crippen molar-refractivity contribution in [3.8, 4) is 0 Å². The number of rotatable bonds is 5. The van der Waals surface area contributed by atoms with Gasteiger partial charge in [0, 0.05) is 11.1 Å². The molecule has 0 aliphatic heterocycles. The normalized spacial score (nSPS) is 11.2. The molecule has 7 nitrogen and oxygen atoms in total. The summed E-state index contributed by atoms with van der Waals surface area (Å²) in [6.45, 7) is 7.55. The Labute approximate surface area is 151 Å². The number of hydrogen-bond acceptors (Lipinski definition) is 6. The Hall–Kier alpha value is -2.35. The van der Waals surface area contributed by atoms with E-state index in [0.717, 1.165) is 11.3 Å². The quantitative estimate of drug-likeness (QED) is 0.793. The average Bonchev–Trinajstić information content (AvgIpc) is 2.54. The Bertz CT molecular complexity index is 827. The number of aryl methyl sites for hydroxylation is 1. The maximum Gasteiger partial charge on any atom is 0.295 e. The molecule has 8 heteroatoms. The third-order valence-corrected chi connectivity index (χ3v) is 4.17. The summed E-state index contributed by atoms with van der Waals surface area (Å²) in [6, 6.07) is 7.51. The number of para-hydroxylation sites is 1. The molecule has 0 bridgehead atoms. The van der Waals surface area contributed by atoms with E-state index in [9.17, 15) is 9.59 Å². The van der Waals surface area contributed by atoms with Crippen LogP contribution in [0.4, 0.5) is 5.69 Å². The number of amides is 1. The second-order valence-corrected chi connectivity index (χ2v) is 7.40. The zero-order chi connectivity index (χ0) is 18.6. The van der Waals surface area contributed by atoms with Crippen molar-refractivity contribution >= 4 is 23.4 Å². The predicted octanol–water partition coefficient (Wildman–Crippen LogP) is 2.15. The van der Waals surface area contributed by atoms with Crippen LogP contribution >= 0.6 is 11.8 Å². The molecule has 1 aromatic carbocycles. The lowest BCUT2D eigenvalue weighted by Crippen LogP contribution is -2.40. The lowest BCUT2D eigenvalue weighted by atomic mass is 9.93. The Balaban J connectivity index is 2.18. The van der Waals surface area contributed by atoms with Gasteiger partial charge < -0.3 is 10.7 Å². The van der Waals surface area contributed by atoms with Crippen molar-refractivity contribution in [2.75, 3.05) is 23.5 Å². The molecule has 0 atom stereocenters. The molecule has 0 saturated heterocycles. The van der Waals surface area contributed by atoms with Crippen molar-refractivity contribution in [2.45, 2.75) is 38.3 Å². The van der Waals surface area contributed by atoms with E-state index in [0.29, 0.717) is 10.9 Å². The van der Waals surface area contributed by atoms with Gasteiger partial charge in [0.25, 0.3) is 5.56 Å². The third-order valence-electron chi connectivity index (χ3n) is 3.54. The van der Waals surface area contributed by atoms with Crippen LogP contribution in [0.3, 0.4) is 0 Å². The highest BCUT2D eigenvalue weighted by Crippen LogP contribution is 2.17. The summed E-state index contributed by atoms with van der Waals surface area (Å²) in [4.78, 5) is 24.9. The van der Waals surface area contributed by atoms with Gasteiger partial charge in [0.05, 0.1) is 0 Å². The Morgan fingerprint density at radius 2 is 1.92 bits per heavy atom. The van der Waals surface area contributed by atoms with Gasteiger partial charge in [-0.2, -0.15) is 4.68 Å². The molecule has 25 heavy (non-hydrogen) atoms. The van der Waals surface area contributed by atoms with E-state index in [1.165, 1.54) is 16.4 Å². The summed E-state index contributed by atoms with van der Waals surface area (Å²) in [7, 11) is 0. The van der Waals surface area contributed by atoms with Gasteiger partial charge in [-0.25, -0.2) is 0 Å². The Kier molecular flexibility index (Phi) is 5.84. The highest BCUT2D eigenvalue weighted by atomic mass is 32.2. The van der Waals surface area contributed by atoms with Gasteiger partial charge >= 0.3 is 0 Å². The smallest absolute Gasteiger partial charge is 0.295 e. The highest BCUT2D eigenvalue weighted by Gasteiger charge is 2.23. The van der Waals surface area contributed by atoms with Crippen LogP contribution in [-0.4, -0.2) is 33.6 Å². The molecule has 0 radical (unpaired) electrons. The number of benzene rings is 1. The van der Waals surface area contributed by atoms with Crippen LogP contribution in [0, 0.1) is 6.92 Å². The summed E-state index contributed by atoms with van der Waals surface area (Å²) in [5.74, 6) is -0.248. The van der Waals surface area contributed by atoms with E-state index in [-0.39, 0.29) is 18.0 Å². The molecule has 0 spiro atoms. The predicted molar refractivity (Wildman–Crippen MR) is 101 cm³/mol. The number of carbonyl (C=O) groups is 1. The van der Waals surface area contributed by atoms with E-state index in [1.54, 1.807) is 6.26 Å². The number of nitrogens with zero attached hydrogens (tertiary/aromatic N) is 3. The van der Waals surface area contributed by atoms with Crippen molar-refractivity contribution in [1.82, 2.24) is 14.9 Å². The number of aromatic nitrogens is 3. The van der Waals surface area contributed by atoms with Crippen LogP contribution in [0.25, 0.3) is 0 Å². The van der Waals surface area contributed by atoms with Gasteiger partial charge in [0.2, 0.25) is 11.1 Å². The topological polar surface area (TPSA) is 88.9 Å².